The van der Waals surface area contributed by atoms with Crippen molar-refractivity contribution in [3.63, 3.8) is 0 Å². The van der Waals surface area contributed by atoms with Crippen LogP contribution in [0.3, 0.4) is 0 Å². The number of carbonyl (C=O) groups excluding carboxylic acids is 2. The minimum Gasteiger partial charge on any atom is -0.497 e. The van der Waals surface area contributed by atoms with Gasteiger partial charge in [-0.05, 0) is 62.6 Å². The third-order valence-corrected chi connectivity index (χ3v) is 5.78. The zero-order valence-corrected chi connectivity index (χ0v) is 20.7. The number of rotatable bonds is 10. The normalized spacial score (nSPS) is 15.8. The number of hydrogen-bond acceptors (Lipinski definition) is 6. The Hall–Kier alpha value is -2.81. The molecule has 0 N–H and O–H groups in total. The van der Waals surface area contributed by atoms with Crippen molar-refractivity contribution in [3.05, 3.63) is 59.1 Å². The third kappa shape index (κ3) is 7.62. The molecule has 1 unspecified atom stereocenters. The molecule has 0 saturated carbocycles. The van der Waals surface area contributed by atoms with Gasteiger partial charge >= 0.3 is 0 Å². The number of halogens is 1. The van der Waals surface area contributed by atoms with E-state index in [1.54, 1.807) is 65.4 Å². The first-order valence-corrected chi connectivity index (χ1v) is 11.6. The molecule has 0 aliphatic carbocycles. The molecule has 0 aromatic heterocycles. The molecule has 0 bridgehead atoms. The molecule has 1 atom stereocenters. The van der Waals surface area contributed by atoms with Gasteiger partial charge < -0.3 is 28.9 Å². The number of likely N-dealkylation sites (N-methyl/N-ethyl adjacent to an activating group) is 1. The van der Waals surface area contributed by atoms with Crippen molar-refractivity contribution >= 4 is 23.4 Å². The Morgan fingerprint density at radius 1 is 1.06 bits per heavy atom. The zero-order valence-electron chi connectivity index (χ0n) is 19.9. The lowest BCUT2D eigenvalue weighted by atomic mass is 10.1. The lowest BCUT2D eigenvalue weighted by Crippen LogP contribution is -2.52. The van der Waals surface area contributed by atoms with Crippen molar-refractivity contribution in [3.8, 4) is 11.5 Å². The summed E-state index contributed by atoms with van der Waals surface area (Å²) in [4.78, 5) is 31.5. The molecule has 34 heavy (non-hydrogen) atoms. The summed E-state index contributed by atoms with van der Waals surface area (Å²) in [5.74, 6) is 1.08. The van der Waals surface area contributed by atoms with Gasteiger partial charge in [-0.2, -0.15) is 0 Å². The highest BCUT2D eigenvalue weighted by atomic mass is 35.5. The molecule has 0 radical (unpaired) electrons. The van der Waals surface area contributed by atoms with Gasteiger partial charge in [0, 0.05) is 43.3 Å². The van der Waals surface area contributed by atoms with Crippen molar-refractivity contribution in [2.24, 2.45) is 0 Å². The maximum Gasteiger partial charge on any atom is 0.260 e. The van der Waals surface area contributed by atoms with Crippen LogP contribution in [0.15, 0.2) is 48.5 Å². The van der Waals surface area contributed by atoms with E-state index in [0.717, 1.165) is 0 Å². The first-order valence-electron chi connectivity index (χ1n) is 11.2. The lowest BCUT2D eigenvalue weighted by molar-refractivity contribution is -0.141. The topological polar surface area (TPSA) is 71.6 Å². The van der Waals surface area contributed by atoms with Gasteiger partial charge in [0.1, 0.15) is 11.5 Å². The van der Waals surface area contributed by atoms with Crippen molar-refractivity contribution < 1.29 is 23.8 Å². The average molecular weight is 490 g/mol. The molecule has 1 saturated heterocycles. The molecule has 1 aliphatic heterocycles. The quantitative estimate of drug-likeness (QED) is 0.511. The summed E-state index contributed by atoms with van der Waals surface area (Å²) in [5, 5.41) is 0.609. The van der Waals surface area contributed by atoms with Gasteiger partial charge in [0.2, 0.25) is 0 Å². The Kier molecular flexibility index (Phi) is 9.56. The van der Waals surface area contributed by atoms with E-state index in [4.69, 9.17) is 25.8 Å². The Bertz CT molecular complexity index is 937. The monoisotopic (exact) mass is 489 g/mol. The largest absolute Gasteiger partial charge is 0.497 e. The molecule has 2 amide bonds. The number of amides is 2. The molecule has 2 aromatic carbocycles. The van der Waals surface area contributed by atoms with Gasteiger partial charge in [-0.3, -0.25) is 9.59 Å². The standard InChI is InChI=1S/C25H32ClN3O5/c1-27(2)12-13-29(25(31)19-4-8-21(32-3)9-5-19)17-23-16-28(14-15-33-23)24(30)18-34-22-10-6-20(26)7-11-22/h4-11,23H,12-18H2,1-3H3. The summed E-state index contributed by atoms with van der Waals surface area (Å²) in [5.41, 5.74) is 0.583. The Labute approximate surface area is 205 Å². The van der Waals surface area contributed by atoms with Gasteiger partial charge in [-0.15, -0.1) is 0 Å². The van der Waals surface area contributed by atoms with Gasteiger partial charge in [0.05, 0.1) is 19.8 Å². The molecule has 2 aromatic rings. The number of carbonyl (C=O) groups is 2. The fourth-order valence-corrected chi connectivity index (χ4v) is 3.71. The van der Waals surface area contributed by atoms with E-state index in [2.05, 4.69) is 0 Å². The zero-order chi connectivity index (χ0) is 24.5. The highest BCUT2D eigenvalue weighted by Crippen LogP contribution is 2.17. The fourth-order valence-electron chi connectivity index (χ4n) is 3.58. The maximum absolute atomic E-state index is 13.2. The highest BCUT2D eigenvalue weighted by Gasteiger charge is 2.28. The molecule has 8 nitrogen and oxygen atoms in total. The second-order valence-electron chi connectivity index (χ2n) is 8.36. The Morgan fingerprint density at radius 2 is 1.74 bits per heavy atom. The van der Waals surface area contributed by atoms with Crippen LogP contribution in [0.5, 0.6) is 11.5 Å². The second-order valence-corrected chi connectivity index (χ2v) is 8.79. The predicted octanol–water partition coefficient (Wildman–Crippen LogP) is 2.66. The summed E-state index contributed by atoms with van der Waals surface area (Å²) >= 11 is 5.89. The van der Waals surface area contributed by atoms with Crippen LogP contribution in [-0.4, -0.2) is 99.8 Å². The number of methoxy groups -OCH3 is 1. The summed E-state index contributed by atoms with van der Waals surface area (Å²) in [6, 6.07) is 14.0. The van der Waals surface area contributed by atoms with Crippen LogP contribution in [0.2, 0.25) is 5.02 Å². The molecule has 1 heterocycles. The molecular weight excluding hydrogens is 458 g/mol. The maximum atomic E-state index is 13.2. The average Bonchev–Trinajstić information content (AvgIpc) is 2.85. The number of hydrogen-bond donors (Lipinski definition) is 0. The first kappa shape index (κ1) is 25.8. The predicted molar refractivity (Wildman–Crippen MR) is 131 cm³/mol. The fraction of sp³-hybridized carbons (Fsp3) is 0.440. The molecular formula is C25H32ClN3O5. The first-order chi connectivity index (χ1) is 16.4. The molecule has 1 fully saturated rings. The van der Waals surface area contributed by atoms with Crippen molar-refractivity contribution in [2.75, 3.05) is 67.1 Å². The van der Waals surface area contributed by atoms with E-state index < -0.39 is 0 Å². The van der Waals surface area contributed by atoms with Crippen LogP contribution in [0.1, 0.15) is 10.4 Å². The molecule has 184 valence electrons. The molecule has 9 heteroatoms. The van der Waals surface area contributed by atoms with Gasteiger partial charge in [-0.1, -0.05) is 11.6 Å². The van der Waals surface area contributed by atoms with Crippen LogP contribution in [0, 0.1) is 0 Å². The minimum absolute atomic E-state index is 0.0660. The second kappa shape index (κ2) is 12.6. The van der Waals surface area contributed by atoms with Crippen LogP contribution in [0.25, 0.3) is 0 Å². The van der Waals surface area contributed by atoms with Crippen LogP contribution in [-0.2, 0) is 9.53 Å². The van der Waals surface area contributed by atoms with E-state index in [9.17, 15) is 9.59 Å². The van der Waals surface area contributed by atoms with E-state index >= 15 is 0 Å². The summed E-state index contributed by atoms with van der Waals surface area (Å²) < 4.78 is 16.7. The van der Waals surface area contributed by atoms with Crippen LogP contribution in [0.4, 0.5) is 0 Å². The highest BCUT2D eigenvalue weighted by molar-refractivity contribution is 6.30. The van der Waals surface area contributed by atoms with Gasteiger partial charge in [0.25, 0.3) is 11.8 Å². The van der Waals surface area contributed by atoms with Crippen molar-refractivity contribution in [1.29, 1.82) is 0 Å². The van der Waals surface area contributed by atoms with Gasteiger partial charge in [0.15, 0.2) is 6.61 Å². The SMILES string of the molecule is COc1ccc(C(=O)N(CCN(C)C)CC2CN(C(=O)COc3ccc(Cl)cc3)CCO2)cc1. The molecule has 0 spiro atoms. The van der Waals surface area contributed by atoms with Crippen LogP contribution < -0.4 is 9.47 Å². The third-order valence-electron chi connectivity index (χ3n) is 5.53. The smallest absolute Gasteiger partial charge is 0.260 e. The Morgan fingerprint density at radius 3 is 2.38 bits per heavy atom. The lowest BCUT2D eigenvalue weighted by Gasteiger charge is -2.36. The summed E-state index contributed by atoms with van der Waals surface area (Å²) in [7, 11) is 5.52. The minimum atomic E-state index is -0.280. The number of morpholine rings is 1. The van der Waals surface area contributed by atoms with Crippen molar-refractivity contribution in [1.82, 2.24) is 14.7 Å². The van der Waals surface area contributed by atoms with E-state index in [0.29, 0.717) is 61.4 Å². The van der Waals surface area contributed by atoms with E-state index in [-0.39, 0.29) is 24.5 Å². The van der Waals surface area contributed by atoms with E-state index in [1.807, 2.05) is 19.0 Å². The molecule has 3 rings (SSSR count). The van der Waals surface area contributed by atoms with Gasteiger partial charge in [-0.25, -0.2) is 0 Å². The number of ether oxygens (including phenoxy) is 3. The molecule has 1 aliphatic rings. The van der Waals surface area contributed by atoms with Crippen LogP contribution >= 0.6 is 11.6 Å². The number of benzene rings is 2. The summed E-state index contributed by atoms with van der Waals surface area (Å²) in [6.07, 6.45) is -0.280. The van der Waals surface area contributed by atoms with E-state index in [1.165, 1.54) is 0 Å². The Balaban J connectivity index is 1.60. The number of nitrogens with zero attached hydrogens (tertiary/aromatic N) is 3. The van der Waals surface area contributed by atoms with Crippen molar-refractivity contribution in [2.45, 2.75) is 6.10 Å². The summed E-state index contributed by atoms with van der Waals surface area (Å²) in [6.45, 7) is 2.89.